The van der Waals surface area contributed by atoms with Gasteiger partial charge in [-0.1, -0.05) is 48.0 Å². The average Bonchev–Trinajstić information content (AvgIpc) is 3.93. The second kappa shape index (κ2) is 17.0. The van der Waals surface area contributed by atoms with E-state index in [2.05, 4.69) is 16.0 Å². The Hall–Kier alpha value is -2.66. The van der Waals surface area contributed by atoms with E-state index in [9.17, 15) is 30.4 Å². The Labute approximate surface area is 299 Å². The largest absolute Gasteiger partial charge is 0.489 e. The van der Waals surface area contributed by atoms with E-state index in [0.29, 0.717) is 16.9 Å². The lowest BCUT2D eigenvalue weighted by atomic mass is 9.99. The van der Waals surface area contributed by atoms with Crippen molar-refractivity contribution in [2.75, 3.05) is 31.7 Å². The van der Waals surface area contributed by atoms with Gasteiger partial charge in [0.25, 0.3) is 0 Å². The predicted octanol–water partition coefficient (Wildman–Crippen LogP) is 6.59. The summed E-state index contributed by atoms with van der Waals surface area (Å²) in [7, 11) is -6.87. The fourth-order valence-electron chi connectivity index (χ4n) is 4.87. The zero-order valence-electron chi connectivity index (χ0n) is 26.6. The zero-order chi connectivity index (χ0) is 35.9. The molecule has 1 heterocycles. The molecule has 0 spiro atoms. The van der Waals surface area contributed by atoms with Crippen LogP contribution >= 0.6 is 35.0 Å². The molecule has 1 aliphatic carbocycles. The molecule has 1 saturated carbocycles. The van der Waals surface area contributed by atoms with Crippen LogP contribution in [0.4, 0.5) is 8.78 Å². The first-order valence-corrected chi connectivity index (χ1v) is 19.9. The SMILES string of the molecule is C=C/C(Cl)=C(C[C@H](OC(=O)C1CSCCN1S(=O)(=O)c1ccc(S(=O)(=O)NC)cc1)c1ccc(OC(F)F)c(OCC2CC2)c1)\C(Cl)=C/C. The Kier molecular flexibility index (Phi) is 13.6. The highest BCUT2D eigenvalue weighted by Gasteiger charge is 2.40. The summed E-state index contributed by atoms with van der Waals surface area (Å²) in [5, 5.41) is 0.420. The molecular weight excluding hydrogens is 745 g/mol. The van der Waals surface area contributed by atoms with E-state index >= 15 is 0 Å². The van der Waals surface area contributed by atoms with Crippen molar-refractivity contribution in [2.45, 2.75) is 54.7 Å². The van der Waals surface area contributed by atoms with Gasteiger partial charge in [-0.15, -0.1) is 0 Å². The Balaban J connectivity index is 1.71. The molecule has 2 atom stereocenters. The van der Waals surface area contributed by atoms with Crippen molar-refractivity contribution in [3.63, 3.8) is 0 Å². The topological polar surface area (TPSA) is 128 Å². The maximum absolute atomic E-state index is 14.0. The fourth-order valence-corrected chi connectivity index (χ4v) is 8.82. The molecule has 1 N–H and O–H groups in total. The van der Waals surface area contributed by atoms with Crippen LogP contribution in [0.25, 0.3) is 0 Å². The number of esters is 1. The maximum atomic E-state index is 14.0. The van der Waals surface area contributed by atoms with Gasteiger partial charge in [0.1, 0.15) is 12.1 Å². The number of benzene rings is 2. The van der Waals surface area contributed by atoms with Crippen LogP contribution < -0.4 is 14.2 Å². The van der Waals surface area contributed by atoms with Gasteiger partial charge >= 0.3 is 12.6 Å². The lowest BCUT2D eigenvalue weighted by molar-refractivity contribution is -0.153. The number of carbonyl (C=O) groups is 1. The number of hydrogen-bond acceptors (Lipinski definition) is 9. The second-order valence-electron chi connectivity index (χ2n) is 11.0. The highest BCUT2D eigenvalue weighted by Crippen LogP contribution is 2.40. The number of alkyl halides is 2. The van der Waals surface area contributed by atoms with Crippen molar-refractivity contribution in [1.82, 2.24) is 9.03 Å². The van der Waals surface area contributed by atoms with E-state index in [1.807, 2.05) is 0 Å². The van der Waals surface area contributed by atoms with E-state index in [0.717, 1.165) is 41.4 Å². The smallest absolute Gasteiger partial charge is 0.387 e. The van der Waals surface area contributed by atoms with Crippen LogP contribution in [0.3, 0.4) is 0 Å². The lowest BCUT2D eigenvalue weighted by Gasteiger charge is -2.34. The minimum Gasteiger partial charge on any atom is -0.489 e. The van der Waals surface area contributed by atoms with Crippen LogP contribution in [-0.2, 0) is 29.6 Å². The number of halogens is 4. The molecule has 0 aromatic heterocycles. The molecular formula is C32H36Cl2F2N2O8S3. The van der Waals surface area contributed by atoms with Gasteiger partial charge in [0, 0.05) is 34.5 Å². The van der Waals surface area contributed by atoms with Crippen molar-refractivity contribution >= 4 is 61.0 Å². The number of allylic oxidation sites excluding steroid dienone is 4. The molecule has 2 aliphatic rings. The Bertz CT molecular complexity index is 1800. The van der Waals surface area contributed by atoms with Crippen molar-refractivity contribution < 1.29 is 44.6 Å². The summed E-state index contributed by atoms with van der Waals surface area (Å²) in [6.07, 6.45) is 3.61. The van der Waals surface area contributed by atoms with E-state index in [1.54, 1.807) is 13.0 Å². The molecule has 0 radical (unpaired) electrons. The third-order valence-corrected chi connectivity index (χ3v) is 12.9. The summed E-state index contributed by atoms with van der Waals surface area (Å²) in [6.45, 7) is 2.52. The van der Waals surface area contributed by atoms with E-state index in [4.69, 9.17) is 32.7 Å². The highest BCUT2D eigenvalue weighted by molar-refractivity contribution is 7.99. The van der Waals surface area contributed by atoms with Crippen molar-refractivity contribution in [1.29, 1.82) is 0 Å². The van der Waals surface area contributed by atoms with E-state index in [1.165, 1.54) is 43.1 Å². The molecule has 1 saturated heterocycles. The number of sulfonamides is 2. The standard InChI is InChI=1S/C32H36Cl2F2N2O8S3/c1-4-25(33)24(26(34)5-2)17-29(21-8-13-28(46-32(35)36)30(16-21)44-18-20-6-7-20)45-31(39)27-19-47-15-14-38(27)49(42,43)23-11-9-22(10-12-23)48(40,41)37-3/h4-5,8-13,16,20,27,29,32,37H,1,6-7,14-15,17-19H2,2-3H3/b25-24+,26-5+/t27?,29-/m0/s1. The van der Waals surface area contributed by atoms with Gasteiger partial charge in [-0.3, -0.25) is 4.79 Å². The Morgan fingerprint density at radius 3 is 2.37 bits per heavy atom. The number of rotatable bonds is 16. The average molecular weight is 782 g/mol. The zero-order valence-corrected chi connectivity index (χ0v) is 30.6. The highest BCUT2D eigenvalue weighted by atomic mass is 35.5. The molecule has 4 rings (SSSR count). The normalized spacial score (nSPS) is 18.8. The monoisotopic (exact) mass is 780 g/mol. The Morgan fingerprint density at radius 1 is 1.10 bits per heavy atom. The molecule has 17 heteroatoms. The number of thioether (sulfide) groups is 1. The molecule has 2 fully saturated rings. The first-order chi connectivity index (χ1) is 23.2. The van der Waals surface area contributed by atoms with Crippen molar-refractivity contribution in [2.24, 2.45) is 5.92 Å². The van der Waals surface area contributed by atoms with Crippen molar-refractivity contribution in [3.8, 4) is 11.5 Å². The van der Waals surface area contributed by atoms with Crippen LogP contribution in [0.1, 0.15) is 37.9 Å². The van der Waals surface area contributed by atoms with Gasteiger partial charge in [0.2, 0.25) is 20.0 Å². The molecule has 2 aromatic rings. The summed E-state index contributed by atoms with van der Waals surface area (Å²) in [6, 6.07) is 7.53. The third kappa shape index (κ3) is 9.99. The second-order valence-corrected chi connectivity index (χ2v) is 16.8. The molecule has 0 amide bonds. The first kappa shape index (κ1) is 39.1. The molecule has 268 valence electrons. The summed E-state index contributed by atoms with van der Waals surface area (Å²) in [4.78, 5) is 13.6. The maximum Gasteiger partial charge on any atom is 0.387 e. The van der Waals surface area contributed by atoms with Gasteiger partial charge in [-0.25, -0.2) is 21.6 Å². The quantitative estimate of drug-likeness (QED) is 0.148. The summed E-state index contributed by atoms with van der Waals surface area (Å²) < 4.78 is 98.2. The fraction of sp³-hybridized carbons (Fsp3) is 0.406. The molecule has 0 bridgehead atoms. The number of nitrogens with zero attached hydrogens (tertiary/aromatic N) is 1. The van der Waals surface area contributed by atoms with Crippen LogP contribution in [0.2, 0.25) is 0 Å². The van der Waals surface area contributed by atoms with Crippen LogP contribution in [0.5, 0.6) is 11.5 Å². The minimum atomic E-state index is -4.29. The van der Waals surface area contributed by atoms with Crippen LogP contribution in [0.15, 0.2) is 86.6 Å². The molecule has 49 heavy (non-hydrogen) atoms. The van der Waals surface area contributed by atoms with Gasteiger partial charge in [0.05, 0.1) is 16.4 Å². The minimum absolute atomic E-state index is 0.0180. The molecule has 2 aromatic carbocycles. The third-order valence-electron chi connectivity index (χ3n) is 7.75. The lowest BCUT2D eigenvalue weighted by Crippen LogP contribution is -2.51. The van der Waals surface area contributed by atoms with Gasteiger partial charge < -0.3 is 14.2 Å². The number of hydrogen-bond donors (Lipinski definition) is 1. The number of ether oxygens (including phenoxy) is 3. The van der Waals surface area contributed by atoms with Crippen molar-refractivity contribution in [3.05, 3.63) is 82.4 Å². The van der Waals surface area contributed by atoms with E-state index < -0.39 is 44.8 Å². The molecule has 1 unspecified atom stereocenters. The summed E-state index contributed by atoms with van der Waals surface area (Å²) in [5.41, 5.74) is 0.692. The van der Waals surface area contributed by atoms with Gasteiger partial charge in [-0.05, 0) is 80.3 Å². The number of carbonyl (C=O) groups excluding carboxylic acids is 1. The van der Waals surface area contributed by atoms with Crippen LogP contribution in [-0.4, -0.2) is 71.5 Å². The summed E-state index contributed by atoms with van der Waals surface area (Å²) in [5.74, 6) is -0.319. The Morgan fingerprint density at radius 2 is 1.78 bits per heavy atom. The molecule has 1 aliphatic heterocycles. The summed E-state index contributed by atoms with van der Waals surface area (Å²) >= 11 is 14.3. The van der Waals surface area contributed by atoms with Gasteiger partial charge in [-0.2, -0.15) is 24.8 Å². The number of nitrogens with one attached hydrogen (secondary N) is 1. The van der Waals surface area contributed by atoms with E-state index in [-0.39, 0.29) is 62.6 Å². The van der Waals surface area contributed by atoms with Gasteiger partial charge in [0.15, 0.2) is 11.5 Å². The first-order valence-electron chi connectivity index (χ1n) is 15.1. The van der Waals surface area contributed by atoms with Crippen LogP contribution in [0, 0.1) is 5.92 Å². The molecule has 10 nitrogen and oxygen atoms in total. The predicted molar refractivity (Wildman–Crippen MR) is 185 cm³/mol.